The molecule has 34 heavy (non-hydrogen) atoms. The van der Waals surface area contributed by atoms with E-state index in [1.165, 1.54) is 0 Å². The molecule has 0 saturated carbocycles. The highest BCUT2D eigenvalue weighted by atomic mass is 16.5. The SMILES string of the molecule is COc1ccc(-c2cc(Cc3cnc4c(N)nccn34)c(N3CCC[C@@H](N)C3)cn2)c(C#N)c1. The number of nitrogen functional groups attached to an aromatic ring is 1. The highest BCUT2D eigenvalue weighted by molar-refractivity contribution is 5.71. The van der Waals surface area contributed by atoms with Crippen LogP contribution in [0.3, 0.4) is 0 Å². The van der Waals surface area contributed by atoms with Crippen LogP contribution in [-0.2, 0) is 6.42 Å². The van der Waals surface area contributed by atoms with Gasteiger partial charge in [0.25, 0.3) is 0 Å². The van der Waals surface area contributed by atoms with Gasteiger partial charge in [0.05, 0.1) is 36.3 Å². The van der Waals surface area contributed by atoms with Gasteiger partial charge in [0.15, 0.2) is 11.5 Å². The Morgan fingerprint density at radius 1 is 1.21 bits per heavy atom. The second kappa shape index (κ2) is 9.00. The van der Waals surface area contributed by atoms with Crippen molar-refractivity contribution in [1.82, 2.24) is 19.4 Å². The molecule has 1 atom stereocenters. The van der Waals surface area contributed by atoms with Crippen LogP contribution in [0.2, 0.25) is 0 Å². The molecule has 3 aromatic heterocycles. The number of piperidine rings is 1. The van der Waals surface area contributed by atoms with Gasteiger partial charge in [-0.25, -0.2) is 9.97 Å². The molecule has 0 amide bonds. The molecule has 0 radical (unpaired) electrons. The predicted molar refractivity (Wildman–Crippen MR) is 131 cm³/mol. The molecule has 1 fully saturated rings. The van der Waals surface area contributed by atoms with E-state index in [2.05, 4.69) is 27.0 Å². The Bertz CT molecular complexity index is 1390. The number of benzene rings is 1. The normalized spacial score (nSPS) is 15.9. The lowest BCUT2D eigenvalue weighted by Gasteiger charge is -2.34. The molecule has 0 unspecified atom stereocenters. The van der Waals surface area contributed by atoms with Gasteiger partial charge in [-0.3, -0.25) is 9.38 Å². The van der Waals surface area contributed by atoms with Crippen LogP contribution in [-0.4, -0.2) is 45.6 Å². The Kier molecular flexibility index (Phi) is 5.74. The first kappa shape index (κ1) is 21.7. The van der Waals surface area contributed by atoms with Crippen molar-refractivity contribution in [2.45, 2.75) is 25.3 Å². The van der Waals surface area contributed by atoms with Gasteiger partial charge in [-0.05, 0) is 42.7 Å². The minimum Gasteiger partial charge on any atom is -0.497 e. The average Bonchev–Trinajstić information content (AvgIpc) is 3.27. The maximum absolute atomic E-state index is 9.72. The Morgan fingerprint density at radius 3 is 2.88 bits per heavy atom. The van der Waals surface area contributed by atoms with Gasteiger partial charge < -0.3 is 21.1 Å². The number of imidazole rings is 1. The summed E-state index contributed by atoms with van der Waals surface area (Å²) < 4.78 is 7.25. The number of nitrogens with zero attached hydrogens (tertiary/aromatic N) is 6. The van der Waals surface area contributed by atoms with Crippen molar-refractivity contribution >= 4 is 17.2 Å². The number of methoxy groups -OCH3 is 1. The summed E-state index contributed by atoms with van der Waals surface area (Å²) in [6, 6.07) is 9.91. The van der Waals surface area contributed by atoms with E-state index in [0.29, 0.717) is 29.2 Å². The van der Waals surface area contributed by atoms with Crippen LogP contribution >= 0.6 is 0 Å². The number of rotatable bonds is 5. The number of pyridine rings is 1. The molecule has 5 rings (SSSR count). The van der Waals surface area contributed by atoms with Crippen molar-refractivity contribution in [3.8, 4) is 23.1 Å². The number of aromatic nitrogens is 4. The third-order valence-electron chi connectivity index (χ3n) is 6.29. The van der Waals surface area contributed by atoms with Crippen molar-refractivity contribution < 1.29 is 4.74 Å². The summed E-state index contributed by atoms with van der Waals surface area (Å²) >= 11 is 0. The highest BCUT2D eigenvalue weighted by Crippen LogP contribution is 2.32. The van der Waals surface area contributed by atoms with E-state index >= 15 is 0 Å². The minimum absolute atomic E-state index is 0.134. The van der Waals surface area contributed by atoms with Crippen LogP contribution < -0.4 is 21.1 Å². The molecule has 1 aliphatic rings. The summed E-state index contributed by atoms with van der Waals surface area (Å²) in [5, 5.41) is 9.72. The number of nitriles is 1. The van der Waals surface area contributed by atoms with E-state index in [0.717, 1.165) is 54.1 Å². The lowest BCUT2D eigenvalue weighted by atomic mass is 9.99. The van der Waals surface area contributed by atoms with Crippen molar-refractivity contribution in [2.75, 3.05) is 30.8 Å². The van der Waals surface area contributed by atoms with E-state index in [9.17, 15) is 5.26 Å². The predicted octanol–water partition coefficient (Wildman–Crippen LogP) is 2.77. The second-order valence-electron chi connectivity index (χ2n) is 8.50. The van der Waals surface area contributed by atoms with E-state index in [-0.39, 0.29) is 6.04 Å². The highest BCUT2D eigenvalue weighted by Gasteiger charge is 2.22. The molecule has 9 heteroatoms. The lowest BCUT2D eigenvalue weighted by Crippen LogP contribution is -2.43. The molecular weight excluding hydrogens is 428 g/mol. The molecular formula is C25H26N8O. The van der Waals surface area contributed by atoms with Gasteiger partial charge >= 0.3 is 0 Å². The first-order chi connectivity index (χ1) is 16.6. The number of fused-ring (bicyclic) bond motifs is 1. The molecule has 172 valence electrons. The monoisotopic (exact) mass is 454 g/mol. The average molecular weight is 455 g/mol. The van der Waals surface area contributed by atoms with Crippen molar-refractivity contribution in [1.29, 1.82) is 5.26 Å². The molecule has 1 saturated heterocycles. The smallest absolute Gasteiger partial charge is 0.180 e. The van der Waals surface area contributed by atoms with E-state index in [1.807, 2.05) is 35.1 Å². The van der Waals surface area contributed by atoms with Gasteiger partial charge in [0.1, 0.15) is 5.75 Å². The number of nitrogens with two attached hydrogens (primary N) is 2. The maximum Gasteiger partial charge on any atom is 0.180 e. The van der Waals surface area contributed by atoms with Crippen LogP contribution in [0.15, 0.2) is 49.1 Å². The Labute approximate surface area is 197 Å². The van der Waals surface area contributed by atoms with Crippen molar-refractivity contribution in [3.63, 3.8) is 0 Å². The third kappa shape index (κ3) is 4.00. The third-order valence-corrected chi connectivity index (χ3v) is 6.29. The van der Waals surface area contributed by atoms with Gasteiger partial charge in [-0.1, -0.05) is 0 Å². The van der Waals surface area contributed by atoms with Crippen LogP contribution in [0.25, 0.3) is 16.9 Å². The molecule has 4 heterocycles. The number of hydrogen-bond donors (Lipinski definition) is 2. The first-order valence-electron chi connectivity index (χ1n) is 11.2. The zero-order chi connectivity index (χ0) is 23.7. The summed E-state index contributed by atoms with van der Waals surface area (Å²) in [5.74, 6) is 1.03. The lowest BCUT2D eigenvalue weighted by molar-refractivity contribution is 0.414. The Morgan fingerprint density at radius 2 is 2.09 bits per heavy atom. The Balaban J connectivity index is 1.61. The summed E-state index contributed by atoms with van der Waals surface area (Å²) in [6.45, 7) is 1.71. The van der Waals surface area contributed by atoms with Crippen LogP contribution in [0, 0.1) is 11.3 Å². The minimum atomic E-state index is 0.134. The first-order valence-corrected chi connectivity index (χ1v) is 11.2. The topological polar surface area (TPSA) is 131 Å². The number of anilines is 2. The largest absolute Gasteiger partial charge is 0.497 e. The fourth-order valence-electron chi connectivity index (χ4n) is 4.57. The Hall–Kier alpha value is -4.16. The fourth-order valence-corrected chi connectivity index (χ4v) is 4.57. The van der Waals surface area contributed by atoms with E-state index in [1.54, 1.807) is 19.4 Å². The summed E-state index contributed by atoms with van der Waals surface area (Å²) in [6.07, 6.45) is 9.93. The molecule has 4 N–H and O–H groups in total. The zero-order valence-corrected chi connectivity index (χ0v) is 19.0. The van der Waals surface area contributed by atoms with Crippen LogP contribution in [0.5, 0.6) is 5.75 Å². The van der Waals surface area contributed by atoms with E-state index < -0.39 is 0 Å². The quantitative estimate of drug-likeness (QED) is 0.471. The van der Waals surface area contributed by atoms with Gasteiger partial charge in [-0.2, -0.15) is 5.26 Å². The van der Waals surface area contributed by atoms with E-state index in [4.69, 9.17) is 21.2 Å². The van der Waals surface area contributed by atoms with Gasteiger partial charge in [0.2, 0.25) is 0 Å². The molecule has 1 aromatic carbocycles. The van der Waals surface area contributed by atoms with Crippen LogP contribution in [0.4, 0.5) is 11.5 Å². The zero-order valence-electron chi connectivity index (χ0n) is 19.0. The second-order valence-corrected chi connectivity index (χ2v) is 8.50. The number of ether oxygens (including phenoxy) is 1. The standard InChI is InChI=1S/C25H26N8O/c1-34-20-4-5-21(17(10-20)12-26)22-11-16(23(14-30-22)32-7-2-3-18(27)15-32)9-19-13-31-25-24(28)29-6-8-33(19)25/h4-6,8,10-11,13-14,18H,2-3,7,9,15,27H2,1H3,(H2,28,29)/t18-/m1/s1. The fraction of sp³-hybridized carbons (Fsp3) is 0.280. The summed E-state index contributed by atoms with van der Waals surface area (Å²) in [5.41, 5.74) is 18.0. The number of hydrogen-bond acceptors (Lipinski definition) is 8. The van der Waals surface area contributed by atoms with Crippen molar-refractivity contribution in [2.24, 2.45) is 5.73 Å². The molecule has 0 bridgehead atoms. The van der Waals surface area contributed by atoms with Crippen LogP contribution in [0.1, 0.15) is 29.7 Å². The summed E-state index contributed by atoms with van der Waals surface area (Å²) in [7, 11) is 1.59. The van der Waals surface area contributed by atoms with Crippen molar-refractivity contribution in [3.05, 3.63) is 65.9 Å². The summed E-state index contributed by atoms with van der Waals surface area (Å²) in [4.78, 5) is 15.7. The molecule has 0 aliphatic carbocycles. The molecule has 1 aliphatic heterocycles. The van der Waals surface area contributed by atoms with Gasteiger partial charge in [0, 0.05) is 55.4 Å². The maximum atomic E-state index is 9.72. The van der Waals surface area contributed by atoms with Gasteiger partial charge in [-0.15, -0.1) is 0 Å². The molecule has 0 spiro atoms. The molecule has 4 aromatic rings. The molecule has 9 nitrogen and oxygen atoms in total.